The molecule has 0 amide bonds. The van der Waals surface area contributed by atoms with Crippen molar-refractivity contribution in [3.05, 3.63) is 20.8 Å². The summed E-state index contributed by atoms with van der Waals surface area (Å²) in [7, 11) is 1.50. The van der Waals surface area contributed by atoms with Crippen LogP contribution in [0.1, 0.15) is 52.9 Å². The first-order valence-electron chi connectivity index (χ1n) is 7.83. The van der Waals surface area contributed by atoms with Gasteiger partial charge in [0.25, 0.3) is 5.56 Å². The van der Waals surface area contributed by atoms with E-state index in [9.17, 15) is 9.59 Å². The van der Waals surface area contributed by atoms with E-state index in [0.29, 0.717) is 12.2 Å². The third kappa shape index (κ3) is 3.89. The Hall–Kier alpha value is -1.72. The Morgan fingerprint density at radius 3 is 2.38 bits per heavy atom. The predicted octanol–water partition coefficient (Wildman–Crippen LogP) is 1.92. The number of rotatable bonds is 8. The molecule has 0 bridgehead atoms. The summed E-state index contributed by atoms with van der Waals surface area (Å²) in [5.41, 5.74) is 5.74. The Labute approximate surface area is 126 Å². The van der Waals surface area contributed by atoms with Crippen LogP contribution in [0.25, 0.3) is 0 Å². The molecule has 1 heterocycles. The van der Waals surface area contributed by atoms with Gasteiger partial charge in [0.2, 0.25) is 0 Å². The number of anilines is 2. The van der Waals surface area contributed by atoms with Crippen LogP contribution < -0.4 is 22.3 Å². The summed E-state index contributed by atoms with van der Waals surface area (Å²) in [5, 5.41) is 3.23. The van der Waals surface area contributed by atoms with Crippen LogP contribution >= 0.6 is 0 Å². The zero-order valence-corrected chi connectivity index (χ0v) is 13.6. The molecular formula is C15H28N4O2. The molecule has 0 aliphatic carbocycles. The Kier molecular flexibility index (Phi) is 6.52. The molecule has 3 N–H and O–H groups in total. The second-order valence-corrected chi connectivity index (χ2v) is 5.45. The zero-order valence-electron chi connectivity index (χ0n) is 13.6. The minimum absolute atomic E-state index is 0.196. The lowest BCUT2D eigenvalue weighted by molar-refractivity contribution is 0.570. The van der Waals surface area contributed by atoms with Crippen LogP contribution in [0.15, 0.2) is 9.59 Å². The molecule has 0 saturated carbocycles. The Morgan fingerprint density at radius 1 is 1.19 bits per heavy atom. The fourth-order valence-electron chi connectivity index (χ4n) is 2.38. The fraction of sp³-hybridized carbons (Fsp3) is 0.733. The first-order chi connectivity index (χ1) is 9.97. The lowest BCUT2D eigenvalue weighted by Crippen LogP contribution is -2.41. The van der Waals surface area contributed by atoms with Gasteiger partial charge in [-0.1, -0.05) is 33.6 Å². The zero-order chi connectivity index (χ0) is 16.0. The van der Waals surface area contributed by atoms with Crippen LogP contribution in [-0.4, -0.2) is 15.2 Å². The van der Waals surface area contributed by atoms with E-state index in [1.165, 1.54) is 11.6 Å². The highest BCUT2D eigenvalue weighted by atomic mass is 16.2. The second-order valence-electron chi connectivity index (χ2n) is 5.45. The number of hydrogen-bond donors (Lipinski definition) is 2. The molecule has 0 spiro atoms. The molecule has 0 aliphatic rings. The van der Waals surface area contributed by atoms with Crippen molar-refractivity contribution >= 4 is 11.5 Å². The van der Waals surface area contributed by atoms with Gasteiger partial charge in [-0.2, -0.15) is 0 Å². The average Bonchev–Trinajstić information content (AvgIpc) is 2.48. The van der Waals surface area contributed by atoms with Crippen LogP contribution in [0.2, 0.25) is 0 Å². The summed E-state index contributed by atoms with van der Waals surface area (Å²) < 4.78 is 2.62. The molecule has 21 heavy (non-hydrogen) atoms. The van der Waals surface area contributed by atoms with Crippen LogP contribution in [0.4, 0.5) is 11.5 Å². The SMILES string of the molecule is CCCCn1c(N)c(NC(CC)CCC)c(=O)n(C)c1=O. The van der Waals surface area contributed by atoms with Crippen LogP contribution in [0, 0.1) is 0 Å². The lowest BCUT2D eigenvalue weighted by Gasteiger charge is -2.21. The number of aromatic nitrogens is 2. The van der Waals surface area contributed by atoms with Crippen molar-refractivity contribution in [2.75, 3.05) is 11.1 Å². The maximum atomic E-state index is 12.3. The number of nitrogen functional groups attached to an aromatic ring is 1. The minimum atomic E-state index is -0.347. The number of hydrogen-bond acceptors (Lipinski definition) is 4. The lowest BCUT2D eigenvalue weighted by atomic mass is 10.1. The molecule has 6 nitrogen and oxygen atoms in total. The van der Waals surface area contributed by atoms with Crippen molar-refractivity contribution in [1.82, 2.24) is 9.13 Å². The Bertz CT molecular complexity index is 574. The molecule has 0 aromatic carbocycles. The highest BCUT2D eigenvalue weighted by molar-refractivity contribution is 5.61. The molecule has 6 heteroatoms. The summed E-state index contributed by atoms with van der Waals surface area (Å²) in [6.07, 6.45) is 4.72. The van der Waals surface area contributed by atoms with Gasteiger partial charge in [0, 0.05) is 19.6 Å². The van der Waals surface area contributed by atoms with Crippen molar-refractivity contribution in [3.63, 3.8) is 0 Å². The number of nitrogens with two attached hydrogens (primary N) is 1. The van der Waals surface area contributed by atoms with E-state index in [0.717, 1.165) is 36.7 Å². The number of nitrogens with zero attached hydrogens (tertiary/aromatic N) is 2. The first kappa shape index (κ1) is 17.3. The monoisotopic (exact) mass is 296 g/mol. The summed E-state index contributed by atoms with van der Waals surface area (Å²) in [6, 6.07) is 0.196. The van der Waals surface area contributed by atoms with Crippen molar-refractivity contribution in [2.45, 2.75) is 65.5 Å². The number of nitrogens with one attached hydrogen (secondary N) is 1. The molecule has 1 aromatic heterocycles. The summed E-state index contributed by atoms with van der Waals surface area (Å²) in [6.45, 7) is 6.76. The third-order valence-electron chi connectivity index (χ3n) is 3.80. The molecule has 1 atom stereocenters. The molecule has 0 radical (unpaired) electrons. The van der Waals surface area contributed by atoms with Gasteiger partial charge < -0.3 is 11.1 Å². The molecule has 0 fully saturated rings. The van der Waals surface area contributed by atoms with E-state index in [1.807, 2.05) is 0 Å². The highest BCUT2D eigenvalue weighted by Crippen LogP contribution is 2.15. The quantitative estimate of drug-likeness (QED) is 0.768. The van der Waals surface area contributed by atoms with Gasteiger partial charge in [-0.25, -0.2) is 4.79 Å². The summed E-state index contributed by atoms with van der Waals surface area (Å²) >= 11 is 0. The second kappa shape index (κ2) is 7.90. The average molecular weight is 296 g/mol. The van der Waals surface area contributed by atoms with Gasteiger partial charge in [0.15, 0.2) is 0 Å². The van der Waals surface area contributed by atoms with Gasteiger partial charge >= 0.3 is 5.69 Å². The van der Waals surface area contributed by atoms with Crippen LogP contribution in [-0.2, 0) is 13.6 Å². The maximum Gasteiger partial charge on any atom is 0.332 e. The van der Waals surface area contributed by atoms with E-state index >= 15 is 0 Å². The van der Waals surface area contributed by atoms with E-state index in [1.54, 1.807) is 0 Å². The smallest absolute Gasteiger partial charge is 0.332 e. The topological polar surface area (TPSA) is 82.0 Å². The number of unbranched alkanes of at least 4 members (excludes halogenated alkanes) is 1. The van der Waals surface area contributed by atoms with Gasteiger partial charge in [0.05, 0.1) is 0 Å². The van der Waals surface area contributed by atoms with Crippen LogP contribution in [0.5, 0.6) is 0 Å². The molecule has 0 saturated heterocycles. The fourth-order valence-corrected chi connectivity index (χ4v) is 2.38. The highest BCUT2D eigenvalue weighted by Gasteiger charge is 2.17. The van der Waals surface area contributed by atoms with E-state index in [-0.39, 0.29) is 23.1 Å². The van der Waals surface area contributed by atoms with Crippen LogP contribution in [0.3, 0.4) is 0 Å². The van der Waals surface area contributed by atoms with Crippen molar-refractivity contribution in [1.29, 1.82) is 0 Å². The standard InChI is InChI=1S/C15H28N4O2/c1-5-8-10-19-13(16)12(14(20)18(4)15(19)21)17-11(7-3)9-6-2/h11,17H,5-10,16H2,1-4H3. The molecule has 1 unspecified atom stereocenters. The molecule has 0 aliphatic heterocycles. The molecular weight excluding hydrogens is 268 g/mol. The molecule has 120 valence electrons. The van der Waals surface area contributed by atoms with Crippen molar-refractivity contribution in [2.24, 2.45) is 7.05 Å². The predicted molar refractivity (Wildman–Crippen MR) is 87.9 cm³/mol. The molecule has 1 rings (SSSR count). The van der Waals surface area contributed by atoms with Gasteiger partial charge in [-0.05, 0) is 19.3 Å². The van der Waals surface area contributed by atoms with E-state index in [2.05, 4.69) is 26.1 Å². The Balaban J connectivity index is 3.28. The van der Waals surface area contributed by atoms with Crippen molar-refractivity contribution in [3.8, 4) is 0 Å². The van der Waals surface area contributed by atoms with Gasteiger partial charge in [-0.3, -0.25) is 13.9 Å². The normalized spacial score (nSPS) is 12.4. The Morgan fingerprint density at radius 2 is 1.86 bits per heavy atom. The first-order valence-corrected chi connectivity index (χ1v) is 7.83. The van der Waals surface area contributed by atoms with E-state index < -0.39 is 0 Å². The largest absolute Gasteiger partial charge is 0.383 e. The maximum absolute atomic E-state index is 12.3. The van der Waals surface area contributed by atoms with E-state index in [4.69, 9.17) is 5.73 Å². The van der Waals surface area contributed by atoms with Gasteiger partial charge in [0.1, 0.15) is 11.5 Å². The third-order valence-corrected chi connectivity index (χ3v) is 3.80. The van der Waals surface area contributed by atoms with Gasteiger partial charge in [-0.15, -0.1) is 0 Å². The van der Waals surface area contributed by atoms with Crippen molar-refractivity contribution < 1.29 is 0 Å². The minimum Gasteiger partial charge on any atom is -0.383 e. The molecule has 1 aromatic rings. The summed E-state index contributed by atoms with van der Waals surface area (Å²) in [5.74, 6) is 0.256. The summed E-state index contributed by atoms with van der Waals surface area (Å²) in [4.78, 5) is 24.5.